The molecule has 0 spiro atoms. The summed E-state index contributed by atoms with van der Waals surface area (Å²) in [7, 11) is 0. The van der Waals surface area contributed by atoms with Crippen LogP contribution in [0.4, 0.5) is 0 Å². The van der Waals surface area contributed by atoms with Crippen LogP contribution in [0.2, 0.25) is 0 Å². The van der Waals surface area contributed by atoms with Gasteiger partial charge in [-0.25, -0.2) is 0 Å². The van der Waals surface area contributed by atoms with Gasteiger partial charge in [-0.05, 0) is 54.8 Å². The van der Waals surface area contributed by atoms with E-state index in [2.05, 4.69) is 21.2 Å². The van der Waals surface area contributed by atoms with Crippen LogP contribution in [0.3, 0.4) is 0 Å². The summed E-state index contributed by atoms with van der Waals surface area (Å²) in [6.45, 7) is 4.29. The van der Waals surface area contributed by atoms with E-state index in [1.54, 1.807) is 6.92 Å². The van der Waals surface area contributed by atoms with Crippen molar-refractivity contribution in [2.24, 2.45) is 0 Å². The molecular formula is C13H18BrNO2. The highest BCUT2D eigenvalue weighted by atomic mass is 79.9. The van der Waals surface area contributed by atoms with Gasteiger partial charge in [0.15, 0.2) is 0 Å². The van der Waals surface area contributed by atoms with Crippen molar-refractivity contribution in [2.45, 2.75) is 32.8 Å². The molecule has 0 aliphatic heterocycles. The number of nitrogens with one attached hydrogen (secondary N) is 1. The highest BCUT2D eigenvalue weighted by molar-refractivity contribution is 9.10. The summed E-state index contributed by atoms with van der Waals surface area (Å²) in [5, 5.41) is 11.9. The number of aryl methyl sites for hydroxylation is 1. The molecule has 3 nitrogen and oxygen atoms in total. The maximum atomic E-state index is 11.9. The molecule has 0 saturated heterocycles. The normalized spacial score (nSPS) is 12.2. The van der Waals surface area contributed by atoms with E-state index >= 15 is 0 Å². The summed E-state index contributed by atoms with van der Waals surface area (Å²) < 4.78 is 0.802. The molecule has 0 saturated carbocycles. The minimum atomic E-state index is -0.308. The van der Waals surface area contributed by atoms with Crippen LogP contribution < -0.4 is 5.32 Å². The van der Waals surface area contributed by atoms with Crippen LogP contribution in [-0.4, -0.2) is 23.7 Å². The summed E-state index contributed by atoms with van der Waals surface area (Å²) in [4.78, 5) is 11.9. The molecule has 0 heterocycles. The van der Waals surface area contributed by atoms with Crippen molar-refractivity contribution < 1.29 is 9.90 Å². The Morgan fingerprint density at radius 2 is 2.24 bits per heavy atom. The molecular weight excluding hydrogens is 282 g/mol. The molecule has 0 bridgehead atoms. The van der Waals surface area contributed by atoms with Gasteiger partial charge in [-0.2, -0.15) is 0 Å². The zero-order valence-corrected chi connectivity index (χ0v) is 11.8. The van der Waals surface area contributed by atoms with Crippen molar-refractivity contribution in [2.75, 3.05) is 6.54 Å². The van der Waals surface area contributed by atoms with Crippen molar-refractivity contribution in [3.05, 3.63) is 33.8 Å². The van der Waals surface area contributed by atoms with Gasteiger partial charge in [0.2, 0.25) is 0 Å². The first kappa shape index (κ1) is 14.2. The van der Waals surface area contributed by atoms with E-state index in [0.29, 0.717) is 18.5 Å². The molecule has 1 rings (SSSR count). The van der Waals surface area contributed by atoms with Gasteiger partial charge in [-0.1, -0.05) is 11.6 Å². The van der Waals surface area contributed by atoms with E-state index < -0.39 is 0 Å². The fourth-order valence-corrected chi connectivity index (χ4v) is 1.93. The monoisotopic (exact) mass is 299 g/mol. The van der Waals surface area contributed by atoms with Crippen LogP contribution in [0.1, 0.15) is 35.7 Å². The summed E-state index contributed by atoms with van der Waals surface area (Å²) in [5.74, 6) is -0.0776. The Bertz CT molecular complexity index is 391. The Kier molecular flexibility index (Phi) is 5.65. The lowest BCUT2D eigenvalue weighted by molar-refractivity contribution is 0.0949. The molecule has 1 aromatic rings. The van der Waals surface area contributed by atoms with Crippen LogP contribution in [0.15, 0.2) is 22.7 Å². The zero-order valence-electron chi connectivity index (χ0n) is 10.2. The molecule has 0 aliphatic rings. The van der Waals surface area contributed by atoms with Gasteiger partial charge in [0.05, 0.1) is 11.7 Å². The van der Waals surface area contributed by atoms with Gasteiger partial charge >= 0.3 is 0 Å². The maximum absolute atomic E-state index is 11.9. The minimum absolute atomic E-state index is 0.0776. The molecule has 4 heteroatoms. The van der Waals surface area contributed by atoms with Crippen molar-refractivity contribution >= 4 is 21.8 Å². The standard InChI is InChI=1S/C13H18BrNO2/c1-9-5-6-12(14)11(8-9)13(17)15-7-3-4-10(2)16/h5-6,8,10,16H,3-4,7H2,1-2H3,(H,15,17). The van der Waals surface area contributed by atoms with Crippen LogP contribution in [0, 0.1) is 6.92 Å². The minimum Gasteiger partial charge on any atom is -0.393 e. The van der Waals surface area contributed by atoms with Gasteiger partial charge in [-0.15, -0.1) is 0 Å². The highest BCUT2D eigenvalue weighted by Gasteiger charge is 2.09. The van der Waals surface area contributed by atoms with Crippen LogP contribution in [-0.2, 0) is 0 Å². The average molecular weight is 300 g/mol. The molecule has 0 radical (unpaired) electrons. The number of hydrogen-bond donors (Lipinski definition) is 2. The van der Waals surface area contributed by atoms with E-state index in [4.69, 9.17) is 5.11 Å². The number of halogens is 1. The third-order valence-corrected chi connectivity index (χ3v) is 3.14. The Labute approximate surface area is 110 Å². The lowest BCUT2D eigenvalue weighted by Gasteiger charge is -2.08. The first-order chi connectivity index (χ1) is 8.00. The average Bonchev–Trinajstić information content (AvgIpc) is 2.27. The third-order valence-electron chi connectivity index (χ3n) is 2.45. The topological polar surface area (TPSA) is 49.3 Å². The quantitative estimate of drug-likeness (QED) is 0.821. The Balaban J connectivity index is 2.49. The first-order valence-corrected chi connectivity index (χ1v) is 6.52. The molecule has 1 amide bonds. The molecule has 0 aromatic heterocycles. The summed E-state index contributed by atoms with van der Waals surface area (Å²) in [6, 6.07) is 5.68. The van der Waals surface area contributed by atoms with E-state index in [9.17, 15) is 4.79 Å². The number of carbonyl (C=O) groups excluding carboxylic acids is 1. The van der Waals surface area contributed by atoms with Gasteiger partial charge in [-0.3, -0.25) is 4.79 Å². The maximum Gasteiger partial charge on any atom is 0.252 e. The summed E-state index contributed by atoms with van der Waals surface area (Å²) >= 11 is 3.36. The molecule has 94 valence electrons. The van der Waals surface area contributed by atoms with E-state index in [1.165, 1.54) is 0 Å². The van der Waals surface area contributed by atoms with Crippen LogP contribution in [0.25, 0.3) is 0 Å². The van der Waals surface area contributed by atoms with Crippen LogP contribution >= 0.6 is 15.9 Å². The van der Waals surface area contributed by atoms with Gasteiger partial charge in [0.25, 0.3) is 5.91 Å². The second kappa shape index (κ2) is 6.77. The number of carbonyl (C=O) groups is 1. The Morgan fingerprint density at radius 3 is 2.88 bits per heavy atom. The van der Waals surface area contributed by atoms with E-state index in [0.717, 1.165) is 16.5 Å². The SMILES string of the molecule is Cc1ccc(Br)c(C(=O)NCCCC(C)O)c1. The number of aliphatic hydroxyl groups is 1. The van der Waals surface area contributed by atoms with E-state index in [-0.39, 0.29) is 12.0 Å². The number of amides is 1. The van der Waals surface area contributed by atoms with Crippen molar-refractivity contribution in [3.63, 3.8) is 0 Å². The molecule has 1 aromatic carbocycles. The smallest absolute Gasteiger partial charge is 0.252 e. The van der Waals surface area contributed by atoms with Gasteiger partial charge in [0.1, 0.15) is 0 Å². The Morgan fingerprint density at radius 1 is 1.53 bits per heavy atom. The lowest BCUT2D eigenvalue weighted by Crippen LogP contribution is -2.25. The predicted octanol–water partition coefficient (Wildman–Crippen LogP) is 2.65. The van der Waals surface area contributed by atoms with Crippen molar-refractivity contribution in [1.29, 1.82) is 0 Å². The number of benzene rings is 1. The van der Waals surface area contributed by atoms with Crippen LogP contribution in [0.5, 0.6) is 0 Å². The molecule has 2 N–H and O–H groups in total. The van der Waals surface area contributed by atoms with Crippen molar-refractivity contribution in [1.82, 2.24) is 5.32 Å². The molecule has 17 heavy (non-hydrogen) atoms. The number of aliphatic hydroxyl groups excluding tert-OH is 1. The highest BCUT2D eigenvalue weighted by Crippen LogP contribution is 2.17. The fraction of sp³-hybridized carbons (Fsp3) is 0.462. The lowest BCUT2D eigenvalue weighted by atomic mass is 10.1. The molecule has 0 aliphatic carbocycles. The summed E-state index contributed by atoms with van der Waals surface area (Å²) in [5.41, 5.74) is 1.71. The molecule has 1 unspecified atom stereocenters. The van der Waals surface area contributed by atoms with Crippen molar-refractivity contribution in [3.8, 4) is 0 Å². The fourth-order valence-electron chi connectivity index (χ4n) is 1.51. The first-order valence-electron chi connectivity index (χ1n) is 5.73. The predicted molar refractivity (Wildman–Crippen MR) is 72.1 cm³/mol. The zero-order chi connectivity index (χ0) is 12.8. The second-order valence-corrected chi connectivity index (χ2v) is 5.08. The largest absolute Gasteiger partial charge is 0.393 e. The molecule has 1 atom stereocenters. The number of hydrogen-bond acceptors (Lipinski definition) is 2. The number of rotatable bonds is 5. The summed E-state index contributed by atoms with van der Waals surface area (Å²) in [6.07, 6.45) is 1.18. The van der Waals surface area contributed by atoms with Gasteiger partial charge < -0.3 is 10.4 Å². The Hall–Kier alpha value is -0.870. The third kappa shape index (κ3) is 4.88. The van der Waals surface area contributed by atoms with E-state index in [1.807, 2.05) is 25.1 Å². The molecule has 0 fully saturated rings. The second-order valence-electron chi connectivity index (χ2n) is 4.23. The van der Waals surface area contributed by atoms with Gasteiger partial charge in [0, 0.05) is 11.0 Å².